The van der Waals surface area contributed by atoms with Crippen molar-refractivity contribution >= 4 is 34.1 Å². The number of carbonyl (C=O) groups is 1. The minimum absolute atomic E-state index is 0.142. The first-order valence-corrected chi connectivity index (χ1v) is 12.9. The Kier molecular flexibility index (Phi) is 5.52. The molecule has 186 valence electrons. The van der Waals surface area contributed by atoms with Crippen molar-refractivity contribution in [2.45, 2.75) is 57.5 Å². The van der Waals surface area contributed by atoms with Crippen LogP contribution in [0, 0.1) is 0 Å². The number of anilines is 1. The molecule has 0 saturated heterocycles. The number of nitrogens with zero attached hydrogens (tertiary/aromatic N) is 5. The summed E-state index contributed by atoms with van der Waals surface area (Å²) >= 11 is 6.45. The molecule has 2 aliphatic carbocycles. The molecule has 7 rings (SSSR count). The zero-order valence-electron chi connectivity index (χ0n) is 20.1. The molecule has 37 heavy (non-hydrogen) atoms. The first kappa shape index (κ1) is 22.6. The van der Waals surface area contributed by atoms with Gasteiger partial charge in [-0.05, 0) is 55.0 Å². The highest BCUT2D eigenvalue weighted by molar-refractivity contribution is 6.30. The van der Waals surface area contributed by atoms with Crippen LogP contribution < -0.4 is 9.64 Å². The lowest BCUT2D eigenvalue weighted by molar-refractivity contribution is 0.0983. The molecule has 1 amide bonds. The van der Waals surface area contributed by atoms with E-state index in [2.05, 4.69) is 19.9 Å². The molecule has 2 fully saturated rings. The average molecular weight is 514 g/mol. The number of carbonyl (C=O) groups excluding carboxylic acids is 1. The Bertz CT molecular complexity index is 1520. The maximum absolute atomic E-state index is 13.9. The summed E-state index contributed by atoms with van der Waals surface area (Å²) in [5, 5.41) is 1.48. The second-order valence-corrected chi connectivity index (χ2v) is 10.2. The fourth-order valence-corrected chi connectivity index (χ4v) is 4.94. The first-order valence-electron chi connectivity index (χ1n) is 12.6. The van der Waals surface area contributed by atoms with E-state index in [1.165, 1.54) is 0 Å². The molecule has 0 N–H and O–H groups in total. The van der Waals surface area contributed by atoms with Gasteiger partial charge in [0.25, 0.3) is 5.91 Å². The van der Waals surface area contributed by atoms with E-state index in [1.54, 1.807) is 23.5 Å². The molecule has 1 aliphatic heterocycles. The molecule has 3 aromatic heterocycles. The molecule has 2 saturated carbocycles. The first-order chi connectivity index (χ1) is 18.1. The van der Waals surface area contributed by atoms with Gasteiger partial charge >= 0.3 is 0 Å². The van der Waals surface area contributed by atoms with E-state index < -0.39 is 0 Å². The zero-order valence-corrected chi connectivity index (χ0v) is 20.8. The molecular weight excluding hydrogens is 490 g/mol. The highest BCUT2D eigenvalue weighted by atomic mass is 35.5. The number of halogens is 1. The lowest BCUT2D eigenvalue weighted by atomic mass is 10.0. The minimum Gasteiger partial charge on any atom is -0.473 e. The number of hydrogen-bond donors (Lipinski definition) is 0. The van der Waals surface area contributed by atoms with Crippen LogP contribution in [0.5, 0.6) is 5.88 Å². The third-order valence-corrected chi connectivity index (χ3v) is 7.32. The van der Waals surface area contributed by atoms with E-state index >= 15 is 0 Å². The second kappa shape index (κ2) is 9.04. The van der Waals surface area contributed by atoms with Crippen LogP contribution in [0.4, 0.5) is 5.69 Å². The van der Waals surface area contributed by atoms with Crippen LogP contribution in [-0.4, -0.2) is 31.9 Å². The van der Waals surface area contributed by atoms with Crippen LogP contribution in [0.15, 0.2) is 48.9 Å². The van der Waals surface area contributed by atoms with Crippen molar-refractivity contribution in [3.63, 3.8) is 0 Å². The molecular formula is C28H24ClN5O3. The van der Waals surface area contributed by atoms with Gasteiger partial charge < -0.3 is 9.47 Å². The summed E-state index contributed by atoms with van der Waals surface area (Å²) in [5.74, 6) is 1.45. The number of rotatable bonds is 7. The zero-order chi connectivity index (χ0) is 24.9. The molecule has 0 radical (unpaired) electrons. The van der Waals surface area contributed by atoms with Crippen molar-refractivity contribution < 1.29 is 14.3 Å². The van der Waals surface area contributed by atoms with E-state index in [0.29, 0.717) is 48.0 Å². The number of fused-ring (bicyclic) bond motifs is 3. The van der Waals surface area contributed by atoms with Gasteiger partial charge in [-0.25, -0.2) is 19.9 Å². The Morgan fingerprint density at radius 1 is 1.05 bits per heavy atom. The monoisotopic (exact) mass is 513 g/mol. The lowest BCUT2D eigenvalue weighted by Gasteiger charge is -2.25. The second-order valence-electron chi connectivity index (χ2n) is 9.84. The van der Waals surface area contributed by atoms with E-state index in [1.807, 2.05) is 30.3 Å². The van der Waals surface area contributed by atoms with Gasteiger partial charge in [0.15, 0.2) is 0 Å². The van der Waals surface area contributed by atoms with E-state index in [0.717, 1.165) is 59.1 Å². The summed E-state index contributed by atoms with van der Waals surface area (Å²) < 4.78 is 11.7. The number of benzene rings is 1. The van der Waals surface area contributed by atoms with Crippen LogP contribution >= 0.6 is 11.6 Å². The molecule has 0 bridgehead atoms. The summed E-state index contributed by atoms with van der Waals surface area (Å²) in [7, 11) is 0. The molecule has 4 aromatic rings. The average Bonchev–Trinajstić information content (AvgIpc) is 3.86. The predicted octanol–water partition coefficient (Wildman–Crippen LogP) is 5.37. The number of aromatic nitrogens is 4. The van der Waals surface area contributed by atoms with Gasteiger partial charge in [0.05, 0.1) is 30.8 Å². The standard InChI is InChI=1S/C28H24ClN5O3/c29-25-22-15-36-14-21(22)20-8-3-16(10-23(20)33-25)13-34(24-2-1-9-30-27(24)37-19-6-7-19)28(35)18-11-31-26(32-12-18)17-4-5-17/h1-3,8-12,17,19H,4-7,13-15H2. The Balaban J connectivity index is 1.27. The summed E-state index contributed by atoms with van der Waals surface area (Å²) in [5.41, 5.74) is 4.74. The molecule has 8 nitrogen and oxygen atoms in total. The van der Waals surface area contributed by atoms with Gasteiger partial charge in [0.2, 0.25) is 5.88 Å². The number of pyridine rings is 2. The third-order valence-electron chi connectivity index (χ3n) is 7.00. The van der Waals surface area contributed by atoms with Crippen molar-refractivity contribution in [3.8, 4) is 5.88 Å². The van der Waals surface area contributed by atoms with Crippen LogP contribution in [0.1, 0.15) is 64.5 Å². The van der Waals surface area contributed by atoms with E-state index in [9.17, 15) is 4.79 Å². The highest BCUT2D eigenvalue weighted by Gasteiger charge is 2.30. The Morgan fingerprint density at radius 3 is 2.65 bits per heavy atom. The Labute approximate surface area is 218 Å². The highest BCUT2D eigenvalue weighted by Crippen LogP contribution is 2.38. The topological polar surface area (TPSA) is 90.3 Å². The minimum atomic E-state index is -0.218. The van der Waals surface area contributed by atoms with Crippen LogP contribution in [0.2, 0.25) is 5.15 Å². The maximum atomic E-state index is 13.9. The molecule has 4 heterocycles. The SMILES string of the molecule is O=C(c1cnc(C2CC2)nc1)N(Cc1ccc2c3c(c(Cl)nc2c1)COC3)c1cccnc1OC1CC1. The molecule has 1 aromatic carbocycles. The van der Waals surface area contributed by atoms with Crippen molar-refractivity contribution in [2.24, 2.45) is 0 Å². The normalized spacial score (nSPS) is 16.6. The maximum Gasteiger partial charge on any atom is 0.261 e. The van der Waals surface area contributed by atoms with Gasteiger partial charge in [0.1, 0.15) is 22.8 Å². The lowest BCUT2D eigenvalue weighted by Crippen LogP contribution is -2.31. The van der Waals surface area contributed by atoms with Gasteiger partial charge in [-0.1, -0.05) is 23.7 Å². The van der Waals surface area contributed by atoms with Gasteiger partial charge in [0, 0.05) is 35.5 Å². The Morgan fingerprint density at radius 2 is 1.86 bits per heavy atom. The van der Waals surface area contributed by atoms with Gasteiger partial charge in [-0.15, -0.1) is 0 Å². The van der Waals surface area contributed by atoms with Crippen LogP contribution in [0.25, 0.3) is 10.9 Å². The number of amides is 1. The van der Waals surface area contributed by atoms with Crippen molar-refractivity contribution in [1.82, 2.24) is 19.9 Å². The van der Waals surface area contributed by atoms with Crippen LogP contribution in [0.3, 0.4) is 0 Å². The van der Waals surface area contributed by atoms with E-state index in [4.69, 9.17) is 21.1 Å². The molecule has 0 unspecified atom stereocenters. The van der Waals surface area contributed by atoms with Gasteiger partial charge in [-0.3, -0.25) is 9.69 Å². The predicted molar refractivity (Wildman–Crippen MR) is 138 cm³/mol. The van der Waals surface area contributed by atoms with Gasteiger partial charge in [-0.2, -0.15) is 0 Å². The summed E-state index contributed by atoms with van der Waals surface area (Å²) in [6.45, 7) is 1.29. The fraction of sp³-hybridized carbons (Fsp3) is 0.321. The molecule has 0 spiro atoms. The third kappa shape index (κ3) is 4.40. The molecule has 3 aliphatic rings. The fourth-order valence-electron chi connectivity index (χ4n) is 4.68. The number of hydrogen-bond acceptors (Lipinski definition) is 7. The van der Waals surface area contributed by atoms with Crippen molar-refractivity contribution in [2.75, 3.05) is 4.90 Å². The Hall–Kier alpha value is -3.62. The van der Waals surface area contributed by atoms with Crippen molar-refractivity contribution in [1.29, 1.82) is 0 Å². The summed E-state index contributed by atoms with van der Waals surface area (Å²) in [6, 6.07) is 9.70. The quantitative estimate of drug-likeness (QED) is 0.307. The summed E-state index contributed by atoms with van der Waals surface area (Å²) in [4.78, 5) is 33.6. The van der Waals surface area contributed by atoms with Crippen molar-refractivity contribution in [3.05, 3.63) is 82.2 Å². The smallest absolute Gasteiger partial charge is 0.261 e. The van der Waals surface area contributed by atoms with Crippen LogP contribution in [-0.2, 0) is 24.5 Å². The molecule has 9 heteroatoms. The summed E-state index contributed by atoms with van der Waals surface area (Å²) in [6.07, 6.45) is 9.26. The largest absolute Gasteiger partial charge is 0.473 e. The number of ether oxygens (including phenoxy) is 2. The van der Waals surface area contributed by atoms with E-state index in [-0.39, 0.29) is 12.0 Å². The molecule has 0 atom stereocenters.